The van der Waals surface area contributed by atoms with Gasteiger partial charge in [0.25, 0.3) is 0 Å². The summed E-state index contributed by atoms with van der Waals surface area (Å²) >= 11 is 0. The maximum absolute atomic E-state index is 13.1. The number of rotatable bonds is 3. The second kappa shape index (κ2) is 5.02. The zero-order valence-electron chi connectivity index (χ0n) is 12.0. The second-order valence-electron chi connectivity index (χ2n) is 6.06. The Kier molecular flexibility index (Phi) is 3.35. The highest BCUT2D eigenvalue weighted by atomic mass is 19.1. The van der Waals surface area contributed by atoms with E-state index in [1.165, 1.54) is 22.3 Å². The highest BCUT2D eigenvalue weighted by Gasteiger charge is 2.38. The van der Waals surface area contributed by atoms with E-state index in [4.69, 9.17) is 0 Å². The lowest BCUT2D eigenvalue weighted by molar-refractivity contribution is 0.274. The van der Waals surface area contributed by atoms with Crippen LogP contribution in [0, 0.1) is 19.7 Å². The minimum absolute atomic E-state index is 0.119. The van der Waals surface area contributed by atoms with Crippen LogP contribution in [0.15, 0.2) is 42.5 Å². The molecule has 2 aromatic carbocycles. The van der Waals surface area contributed by atoms with Crippen LogP contribution in [0.3, 0.4) is 0 Å². The molecule has 3 rings (SSSR count). The van der Waals surface area contributed by atoms with E-state index in [1.807, 2.05) is 12.1 Å². The summed E-state index contributed by atoms with van der Waals surface area (Å²) < 4.78 is 13.1. The molecule has 1 heterocycles. The van der Waals surface area contributed by atoms with Gasteiger partial charge < -0.3 is 5.32 Å². The number of aryl methyl sites for hydroxylation is 2. The van der Waals surface area contributed by atoms with Crippen LogP contribution in [0.5, 0.6) is 0 Å². The van der Waals surface area contributed by atoms with Crippen LogP contribution in [0.25, 0.3) is 0 Å². The molecule has 2 aromatic rings. The van der Waals surface area contributed by atoms with Crippen LogP contribution in [0.2, 0.25) is 0 Å². The van der Waals surface area contributed by atoms with Crippen LogP contribution >= 0.6 is 0 Å². The summed E-state index contributed by atoms with van der Waals surface area (Å²) in [7, 11) is 0. The zero-order chi connectivity index (χ0) is 14.2. The van der Waals surface area contributed by atoms with E-state index in [0.29, 0.717) is 0 Å². The third-order valence-electron chi connectivity index (χ3n) is 4.21. The Hall–Kier alpha value is -1.67. The van der Waals surface area contributed by atoms with Gasteiger partial charge in [0.05, 0.1) is 0 Å². The van der Waals surface area contributed by atoms with E-state index in [0.717, 1.165) is 19.5 Å². The number of halogens is 1. The molecule has 0 radical (unpaired) electrons. The minimum Gasteiger partial charge on any atom is -0.315 e. The largest absolute Gasteiger partial charge is 0.315 e. The van der Waals surface area contributed by atoms with E-state index in [-0.39, 0.29) is 11.2 Å². The van der Waals surface area contributed by atoms with Crippen molar-refractivity contribution >= 4 is 0 Å². The fourth-order valence-electron chi connectivity index (χ4n) is 3.22. The van der Waals surface area contributed by atoms with Gasteiger partial charge in [0, 0.05) is 18.5 Å². The third kappa shape index (κ3) is 2.48. The summed E-state index contributed by atoms with van der Waals surface area (Å²) in [5.74, 6) is -0.164. The number of benzene rings is 2. The van der Waals surface area contributed by atoms with Crippen molar-refractivity contribution in [2.75, 3.05) is 13.1 Å². The molecule has 1 saturated heterocycles. The fourth-order valence-corrected chi connectivity index (χ4v) is 3.22. The SMILES string of the molecule is Cc1cc(C)cc(CC2(c3ccc(F)cc3)CNC2)c1. The van der Waals surface area contributed by atoms with Gasteiger partial charge in [-0.3, -0.25) is 0 Å². The Labute approximate surface area is 119 Å². The second-order valence-corrected chi connectivity index (χ2v) is 6.06. The first-order chi connectivity index (χ1) is 9.57. The molecular formula is C18H20FN. The first kappa shape index (κ1) is 13.3. The standard InChI is InChI=1S/C18H20FN/c1-13-7-14(2)9-15(8-13)10-18(11-20-12-18)16-3-5-17(19)6-4-16/h3-9,20H,10-12H2,1-2H3. The Balaban J connectivity index is 1.91. The molecule has 0 amide bonds. The van der Waals surface area contributed by atoms with E-state index < -0.39 is 0 Å². The van der Waals surface area contributed by atoms with Crippen LogP contribution in [0.4, 0.5) is 4.39 Å². The molecule has 20 heavy (non-hydrogen) atoms. The molecule has 1 aliphatic heterocycles. The maximum Gasteiger partial charge on any atom is 0.123 e. The average Bonchev–Trinajstić information content (AvgIpc) is 2.34. The molecule has 0 aromatic heterocycles. The normalized spacial score (nSPS) is 16.8. The van der Waals surface area contributed by atoms with E-state index in [1.54, 1.807) is 12.1 Å². The lowest BCUT2D eigenvalue weighted by atomic mass is 9.71. The monoisotopic (exact) mass is 269 g/mol. The fraction of sp³-hybridized carbons (Fsp3) is 0.333. The number of hydrogen-bond acceptors (Lipinski definition) is 1. The smallest absolute Gasteiger partial charge is 0.123 e. The molecule has 0 spiro atoms. The Morgan fingerprint density at radius 2 is 1.60 bits per heavy atom. The minimum atomic E-state index is -0.164. The van der Waals surface area contributed by atoms with Crippen LogP contribution in [0.1, 0.15) is 22.3 Å². The van der Waals surface area contributed by atoms with Gasteiger partial charge in [0.2, 0.25) is 0 Å². The molecule has 0 aliphatic carbocycles. The maximum atomic E-state index is 13.1. The van der Waals surface area contributed by atoms with E-state index >= 15 is 0 Å². The average molecular weight is 269 g/mol. The van der Waals surface area contributed by atoms with Crippen molar-refractivity contribution in [2.45, 2.75) is 25.7 Å². The predicted molar refractivity (Wildman–Crippen MR) is 80.6 cm³/mol. The van der Waals surface area contributed by atoms with Crippen molar-refractivity contribution in [1.82, 2.24) is 5.32 Å². The molecule has 0 saturated carbocycles. The van der Waals surface area contributed by atoms with E-state index in [2.05, 4.69) is 37.4 Å². The van der Waals surface area contributed by atoms with Crippen molar-refractivity contribution in [3.63, 3.8) is 0 Å². The van der Waals surface area contributed by atoms with Gasteiger partial charge in [-0.25, -0.2) is 4.39 Å². The molecule has 0 atom stereocenters. The van der Waals surface area contributed by atoms with Gasteiger partial charge in [-0.1, -0.05) is 41.5 Å². The number of hydrogen-bond donors (Lipinski definition) is 1. The molecule has 1 nitrogen and oxygen atoms in total. The van der Waals surface area contributed by atoms with Gasteiger partial charge in [-0.15, -0.1) is 0 Å². The Morgan fingerprint density at radius 1 is 1.00 bits per heavy atom. The van der Waals surface area contributed by atoms with Crippen molar-refractivity contribution in [1.29, 1.82) is 0 Å². The first-order valence-corrected chi connectivity index (χ1v) is 7.11. The highest BCUT2D eigenvalue weighted by Crippen LogP contribution is 2.33. The van der Waals surface area contributed by atoms with Crippen molar-refractivity contribution in [3.05, 3.63) is 70.5 Å². The predicted octanol–water partition coefficient (Wildman–Crippen LogP) is 3.53. The topological polar surface area (TPSA) is 12.0 Å². The zero-order valence-corrected chi connectivity index (χ0v) is 12.0. The van der Waals surface area contributed by atoms with Crippen molar-refractivity contribution in [2.24, 2.45) is 0 Å². The van der Waals surface area contributed by atoms with Gasteiger partial charge in [-0.05, 0) is 43.5 Å². The van der Waals surface area contributed by atoms with Gasteiger partial charge in [0.1, 0.15) is 5.82 Å². The molecule has 1 fully saturated rings. The molecule has 0 bridgehead atoms. The summed E-state index contributed by atoms with van der Waals surface area (Å²) in [5.41, 5.74) is 5.33. The highest BCUT2D eigenvalue weighted by molar-refractivity contribution is 5.36. The van der Waals surface area contributed by atoms with Crippen molar-refractivity contribution in [3.8, 4) is 0 Å². The Morgan fingerprint density at radius 3 is 2.10 bits per heavy atom. The van der Waals surface area contributed by atoms with Gasteiger partial charge in [0.15, 0.2) is 0 Å². The quantitative estimate of drug-likeness (QED) is 0.899. The summed E-state index contributed by atoms with van der Waals surface area (Å²) in [4.78, 5) is 0. The molecule has 2 heteroatoms. The van der Waals surface area contributed by atoms with Crippen LogP contribution < -0.4 is 5.32 Å². The summed E-state index contributed by atoms with van der Waals surface area (Å²) in [5, 5.41) is 3.37. The molecule has 104 valence electrons. The van der Waals surface area contributed by atoms with E-state index in [9.17, 15) is 4.39 Å². The number of nitrogens with one attached hydrogen (secondary N) is 1. The molecule has 1 N–H and O–H groups in total. The van der Waals surface area contributed by atoms with Crippen molar-refractivity contribution < 1.29 is 4.39 Å². The molecular weight excluding hydrogens is 249 g/mol. The lowest BCUT2D eigenvalue weighted by Gasteiger charge is -2.43. The third-order valence-corrected chi connectivity index (χ3v) is 4.21. The molecule has 0 unspecified atom stereocenters. The lowest BCUT2D eigenvalue weighted by Crippen LogP contribution is -2.58. The summed E-state index contributed by atoms with van der Waals surface area (Å²) in [6.45, 7) is 6.21. The Bertz CT molecular complexity index is 592. The summed E-state index contributed by atoms with van der Waals surface area (Å²) in [6, 6.07) is 13.7. The van der Waals surface area contributed by atoms with Crippen LogP contribution in [-0.2, 0) is 11.8 Å². The van der Waals surface area contributed by atoms with Crippen LogP contribution in [-0.4, -0.2) is 13.1 Å². The summed E-state index contributed by atoms with van der Waals surface area (Å²) in [6.07, 6.45) is 1.01. The van der Waals surface area contributed by atoms with Gasteiger partial charge >= 0.3 is 0 Å². The van der Waals surface area contributed by atoms with Gasteiger partial charge in [-0.2, -0.15) is 0 Å². The first-order valence-electron chi connectivity index (χ1n) is 7.11. The molecule has 1 aliphatic rings.